The van der Waals surface area contributed by atoms with Crippen molar-refractivity contribution in [2.75, 3.05) is 12.3 Å². The van der Waals surface area contributed by atoms with Crippen molar-refractivity contribution in [2.24, 2.45) is 0 Å². The lowest BCUT2D eigenvalue weighted by Gasteiger charge is -2.30. The molecule has 3 N–H and O–H groups in total. The molecule has 9 nitrogen and oxygen atoms in total. The van der Waals surface area contributed by atoms with Gasteiger partial charge in [0.15, 0.2) is 11.5 Å². The van der Waals surface area contributed by atoms with Gasteiger partial charge in [-0.3, -0.25) is 4.57 Å². The highest BCUT2D eigenvalue weighted by Crippen LogP contribution is 2.43. The molecule has 1 aliphatic heterocycles. The third-order valence-electron chi connectivity index (χ3n) is 3.94. The first-order valence-electron chi connectivity index (χ1n) is 6.76. The number of nitrogens with zero attached hydrogens (tertiary/aromatic N) is 4. The minimum atomic E-state index is -2.64. The van der Waals surface area contributed by atoms with Gasteiger partial charge in [0.25, 0.3) is 0 Å². The molecule has 118 valence electrons. The van der Waals surface area contributed by atoms with Crippen molar-refractivity contribution in [3.8, 4) is 0 Å². The topological polar surface area (TPSA) is 125 Å². The van der Waals surface area contributed by atoms with Gasteiger partial charge in [0.2, 0.25) is 0 Å². The van der Waals surface area contributed by atoms with Crippen LogP contribution in [-0.2, 0) is 19.6 Å². The van der Waals surface area contributed by atoms with E-state index in [0.29, 0.717) is 29.8 Å². The molecule has 22 heavy (non-hydrogen) atoms. The van der Waals surface area contributed by atoms with Crippen LogP contribution in [0.25, 0.3) is 11.2 Å². The van der Waals surface area contributed by atoms with Crippen LogP contribution in [0.1, 0.15) is 26.7 Å². The van der Waals surface area contributed by atoms with Crippen LogP contribution in [0.3, 0.4) is 0 Å². The van der Waals surface area contributed by atoms with E-state index in [1.807, 2.05) is 18.4 Å². The fourth-order valence-electron chi connectivity index (χ4n) is 2.79. The van der Waals surface area contributed by atoms with Crippen molar-refractivity contribution < 1.29 is 18.7 Å². The molecule has 2 aromatic rings. The molecule has 0 spiro atoms. The molecule has 1 aliphatic rings. The van der Waals surface area contributed by atoms with Crippen LogP contribution < -0.4 is 5.73 Å². The van der Waals surface area contributed by atoms with Gasteiger partial charge >= 0.3 is 8.25 Å². The number of aromatic nitrogens is 4. The summed E-state index contributed by atoms with van der Waals surface area (Å²) in [6.45, 7) is 3.80. The molecule has 3 atom stereocenters. The molecule has 3 rings (SSSR count). The summed E-state index contributed by atoms with van der Waals surface area (Å²) in [5, 5.41) is 0. The molecule has 10 heteroatoms. The molecule has 3 heterocycles. The lowest BCUT2D eigenvalue weighted by molar-refractivity contribution is -0.142. The molecule has 0 saturated carbocycles. The molecule has 2 aromatic heterocycles. The second kappa shape index (κ2) is 5.20. The predicted octanol–water partition coefficient (Wildman–Crippen LogP) is 1.32. The fourth-order valence-corrected chi connectivity index (χ4v) is 3.17. The number of ether oxygens (including phenoxy) is 1. The van der Waals surface area contributed by atoms with E-state index in [4.69, 9.17) is 19.9 Å². The van der Waals surface area contributed by atoms with Crippen LogP contribution in [-0.4, -0.2) is 36.6 Å². The summed E-state index contributed by atoms with van der Waals surface area (Å²) in [7, 11) is -2.64. The van der Waals surface area contributed by atoms with E-state index in [-0.39, 0.29) is 6.61 Å². The summed E-state index contributed by atoms with van der Waals surface area (Å²) in [5.41, 5.74) is 5.57. The molecule has 1 fully saturated rings. The molecule has 0 bridgehead atoms. The summed E-state index contributed by atoms with van der Waals surface area (Å²) >= 11 is 0. The molecular formula is C12H17N5O4P+. The smallest absolute Gasteiger partial charge is 0.382 e. The minimum Gasteiger partial charge on any atom is -0.382 e. The van der Waals surface area contributed by atoms with Crippen molar-refractivity contribution in [1.29, 1.82) is 0 Å². The average molecular weight is 326 g/mol. The Balaban J connectivity index is 1.91. The molecular weight excluding hydrogens is 309 g/mol. The van der Waals surface area contributed by atoms with Gasteiger partial charge in [-0.05, 0) is 26.7 Å². The number of rotatable bonds is 4. The second-order valence-corrected chi connectivity index (χ2v) is 6.52. The summed E-state index contributed by atoms with van der Waals surface area (Å²) in [5.74, 6) is 0.314. The van der Waals surface area contributed by atoms with Crippen molar-refractivity contribution in [3.63, 3.8) is 0 Å². The van der Waals surface area contributed by atoms with Crippen LogP contribution in [0.5, 0.6) is 0 Å². The minimum absolute atomic E-state index is 0.0397. The number of imidazole rings is 1. The van der Waals surface area contributed by atoms with Crippen LogP contribution in [0.2, 0.25) is 0 Å². The third-order valence-corrected chi connectivity index (χ3v) is 4.29. The van der Waals surface area contributed by atoms with Gasteiger partial charge in [-0.1, -0.05) is 0 Å². The largest absolute Gasteiger partial charge is 0.694 e. The predicted molar refractivity (Wildman–Crippen MR) is 77.9 cm³/mol. The first-order valence-corrected chi connectivity index (χ1v) is 7.89. The van der Waals surface area contributed by atoms with Crippen molar-refractivity contribution in [2.45, 2.75) is 38.0 Å². The summed E-state index contributed by atoms with van der Waals surface area (Å²) in [6, 6.07) is 0. The van der Waals surface area contributed by atoms with E-state index in [1.54, 1.807) is 6.33 Å². The van der Waals surface area contributed by atoms with E-state index >= 15 is 0 Å². The van der Waals surface area contributed by atoms with Gasteiger partial charge in [0, 0.05) is 4.57 Å². The Kier molecular flexibility index (Phi) is 3.60. The first kappa shape index (κ1) is 15.2. The van der Waals surface area contributed by atoms with Crippen molar-refractivity contribution in [1.82, 2.24) is 19.5 Å². The third kappa shape index (κ3) is 2.56. The second-order valence-electron chi connectivity index (χ2n) is 5.78. The van der Waals surface area contributed by atoms with E-state index < -0.39 is 19.6 Å². The maximum Gasteiger partial charge on any atom is 0.694 e. The molecule has 3 unspecified atom stereocenters. The fraction of sp³-hybridized carbons (Fsp3) is 0.583. The summed E-state index contributed by atoms with van der Waals surface area (Å²) in [4.78, 5) is 21.2. The Morgan fingerprint density at radius 1 is 1.45 bits per heavy atom. The molecule has 0 radical (unpaired) electrons. The molecule has 0 amide bonds. The number of nitrogens with two attached hydrogens (primary N) is 1. The van der Waals surface area contributed by atoms with E-state index in [1.165, 1.54) is 6.33 Å². The normalized spacial score (nSPS) is 29.1. The van der Waals surface area contributed by atoms with Crippen molar-refractivity contribution in [3.05, 3.63) is 12.7 Å². The van der Waals surface area contributed by atoms with Gasteiger partial charge in [-0.2, -0.15) is 0 Å². The molecule has 0 aliphatic carbocycles. The van der Waals surface area contributed by atoms with Gasteiger partial charge in [0.05, 0.1) is 11.9 Å². The Morgan fingerprint density at radius 3 is 2.95 bits per heavy atom. The number of nitrogen functional groups attached to an aromatic ring is 1. The van der Waals surface area contributed by atoms with E-state index in [0.717, 1.165) is 0 Å². The Hall–Kier alpha value is -1.67. The van der Waals surface area contributed by atoms with Gasteiger partial charge in [-0.25, -0.2) is 15.0 Å². The Labute approximate surface area is 127 Å². The van der Waals surface area contributed by atoms with Crippen molar-refractivity contribution >= 4 is 25.2 Å². The zero-order valence-electron chi connectivity index (χ0n) is 12.3. The number of hydrogen-bond acceptors (Lipinski definition) is 7. The molecule has 1 saturated heterocycles. The Bertz CT molecular complexity index is 737. The summed E-state index contributed by atoms with van der Waals surface area (Å²) in [6.07, 6.45) is 4.36. The highest BCUT2D eigenvalue weighted by Gasteiger charge is 2.47. The monoisotopic (exact) mass is 326 g/mol. The van der Waals surface area contributed by atoms with Crippen LogP contribution in [0.4, 0.5) is 5.82 Å². The SMILES string of the molecule is CC1(CO[P+](=O)O)CCC(C)(n2cnc3c(N)ncnc32)O1. The van der Waals surface area contributed by atoms with Gasteiger partial charge < -0.3 is 10.5 Å². The van der Waals surface area contributed by atoms with Crippen LogP contribution >= 0.6 is 8.25 Å². The van der Waals surface area contributed by atoms with Crippen LogP contribution in [0.15, 0.2) is 12.7 Å². The number of anilines is 1. The quantitative estimate of drug-likeness (QED) is 0.806. The maximum absolute atomic E-state index is 10.7. The zero-order chi connectivity index (χ0) is 16.0. The summed E-state index contributed by atoms with van der Waals surface area (Å²) < 4.78 is 23.5. The lowest BCUT2D eigenvalue weighted by Crippen LogP contribution is -2.36. The van der Waals surface area contributed by atoms with Gasteiger partial charge in [-0.15, -0.1) is 9.42 Å². The highest BCUT2D eigenvalue weighted by atomic mass is 31.1. The van der Waals surface area contributed by atoms with Crippen LogP contribution in [0, 0.1) is 0 Å². The zero-order valence-corrected chi connectivity index (χ0v) is 13.2. The maximum atomic E-state index is 10.7. The highest BCUT2D eigenvalue weighted by molar-refractivity contribution is 7.32. The number of hydrogen-bond donors (Lipinski definition) is 2. The van der Waals surface area contributed by atoms with Gasteiger partial charge in [0.1, 0.15) is 24.2 Å². The van der Waals surface area contributed by atoms with E-state index in [9.17, 15) is 4.57 Å². The standard InChI is InChI=1S/C12H16N5O4P/c1-11(5-20-22(18)19)3-4-12(2,21-11)17-7-16-8-9(13)14-6-15-10(8)17/h6-7H,3-5H2,1-2H3,(H2-,13,14,15,18,19)/p+1. The lowest BCUT2D eigenvalue weighted by atomic mass is 10.0. The molecule has 0 aromatic carbocycles. The Morgan fingerprint density at radius 2 is 2.23 bits per heavy atom. The number of fused-ring (bicyclic) bond motifs is 1. The average Bonchev–Trinajstić information content (AvgIpc) is 3.01. The van der Waals surface area contributed by atoms with E-state index in [2.05, 4.69) is 15.0 Å². The first-order chi connectivity index (χ1) is 10.3.